The monoisotopic (exact) mass is 533 g/mol. The van der Waals surface area contributed by atoms with Crippen LogP contribution in [-0.2, 0) is 11.2 Å². The molecule has 2 aromatic carbocycles. The van der Waals surface area contributed by atoms with Crippen LogP contribution in [0.4, 0.5) is 8.78 Å². The number of benzene rings is 2. The van der Waals surface area contributed by atoms with Crippen LogP contribution in [0.5, 0.6) is 11.5 Å². The number of aliphatic hydroxyl groups excluding tert-OH is 1. The molecule has 3 heterocycles. The van der Waals surface area contributed by atoms with Crippen molar-refractivity contribution < 1.29 is 28.5 Å². The van der Waals surface area contributed by atoms with Crippen molar-refractivity contribution in [3.8, 4) is 17.6 Å². The molecule has 0 bridgehead atoms. The molecule has 1 unspecified atom stereocenters. The maximum atomic E-state index is 14.0. The van der Waals surface area contributed by atoms with Gasteiger partial charge >= 0.3 is 0 Å². The quantitative estimate of drug-likeness (QED) is 0.513. The molecule has 1 aliphatic carbocycles. The lowest BCUT2D eigenvalue weighted by Crippen LogP contribution is -2.52. The molecule has 7 nitrogen and oxygen atoms in total. The highest BCUT2D eigenvalue weighted by Gasteiger charge is 2.76. The Hall–Kier alpha value is -3.58. The van der Waals surface area contributed by atoms with Crippen molar-refractivity contribution in [3.63, 3.8) is 0 Å². The van der Waals surface area contributed by atoms with Gasteiger partial charge in [0, 0.05) is 44.3 Å². The molecule has 2 fully saturated rings. The summed E-state index contributed by atoms with van der Waals surface area (Å²) in [6, 6.07) is 18.4. The number of hydrogen-bond acceptors (Lipinski definition) is 7. The number of hydrogen-bond donors (Lipinski definition) is 2. The van der Waals surface area contributed by atoms with Gasteiger partial charge in [-0.15, -0.1) is 0 Å². The number of alkyl halides is 2. The highest BCUT2D eigenvalue weighted by Crippen LogP contribution is 2.69. The number of likely N-dealkylation sites (tertiary alicyclic amines) is 1. The SMILES string of the molecule is COc1cncc2c1[C@]1(O)[C@H](O)[C@H](CN3CCC(F)(F)CC3)C(c3ccccc3)[C@]1(c1ccc(C#N)cc1)O2. The minimum absolute atomic E-state index is 0.185. The van der Waals surface area contributed by atoms with Gasteiger partial charge in [0.15, 0.2) is 11.2 Å². The number of nitrogens with zero attached hydrogens (tertiary/aromatic N) is 3. The Morgan fingerprint density at radius 1 is 1.10 bits per heavy atom. The topological polar surface area (TPSA) is 98.8 Å². The second-order valence-electron chi connectivity index (χ2n) is 10.7. The van der Waals surface area contributed by atoms with Crippen molar-refractivity contribution in [2.24, 2.45) is 5.92 Å². The van der Waals surface area contributed by atoms with Crippen molar-refractivity contribution in [3.05, 3.63) is 89.2 Å². The van der Waals surface area contributed by atoms with E-state index in [1.165, 1.54) is 19.5 Å². The zero-order valence-corrected chi connectivity index (χ0v) is 21.4. The molecule has 9 heteroatoms. The van der Waals surface area contributed by atoms with Gasteiger partial charge in [0.2, 0.25) is 0 Å². The number of methoxy groups -OCH3 is 1. The summed E-state index contributed by atoms with van der Waals surface area (Å²) < 4.78 is 40.3. The Kier molecular flexibility index (Phi) is 6.10. The average Bonchev–Trinajstić information content (AvgIpc) is 3.33. The van der Waals surface area contributed by atoms with Crippen molar-refractivity contribution in [1.29, 1.82) is 5.26 Å². The van der Waals surface area contributed by atoms with Crippen LogP contribution in [-0.4, -0.2) is 58.9 Å². The summed E-state index contributed by atoms with van der Waals surface area (Å²) in [5.74, 6) is -3.33. The molecule has 2 N–H and O–H groups in total. The van der Waals surface area contributed by atoms with E-state index in [0.29, 0.717) is 16.7 Å². The first kappa shape index (κ1) is 25.7. The maximum absolute atomic E-state index is 14.0. The fraction of sp³-hybridized carbons (Fsp3) is 0.400. The number of piperidine rings is 1. The number of nitriles is 1. The van der Waals surface area contributed by atoms with Gasteiger partial charge in [0.05, 0.1) is 42.8 Å². The standard InChI is InChI=1S/C30H29F2N3O4/c1-38-23-16-34-17-24-26(23)29(37)27(36)22(18-35-13-11-28(31,32)12-14-35)25(20-5-3-2-4-6-20)30(29,39-24)21-9-7-19(15-33)8-10-21/h2-10,16-17,22,25,27,36-37H,11-14,18H2,1H3/t22-,25?,27-,29+,30+/m1/s1. The van der Waals surface area contributed by atoms with Crippen LogP contribution in [0.2, 0.25) is 0 Å². The van der Waals surface area contributed by atoms with Gasteiger partial charge in [-0.25, -0.2) is 8.78 Å². The zero-order valence-electron chi connectivity index (χ0n) is 21.4. The van der Waals surface area contributed by atoms with Gasteiger partial charge in [-0.2, -0.15) is 5.26 Å². The summed E-state index contributed by atoms with van der Waals surface area (Å²) in [4.78, 5) is 6.16. The number of rotatable bonds is 5. The van der Waals surface area contributed by atoms with Crippen molar-refractivity contribution >= 4 is 0 Å². The second-order valence-corrected chi connectivity index (χ2v) is 10.7. The Morgan fingerprint density at radius 2 is 1.79 bits per heavy atom. The van der Waals surface area contributed by atoms with Crippen molar-refractivity contribution in [2.75, 3.05) is 26.7 Å². The van der Waals surface area contributed by atoms with Crippen LogP contribution in [0, 0.1) is 17.2 Å². The van der Waals surface area contributed by atoms with E-state index in [9.17, 15) is 24.3 Å². The first-order valence-corrected chi connectivity index (χ1v) is 13.0. The van der Waals surface area contributed by atoms with E-state index in [1.807, 2.05) is 35.2 Å². The summed E-state index contributed by atoms with van der Waals surface area (Å²) in [5, 5.41) is 34.4. The lowest BCUT2D eigenvalue weighted by molar-refractivity contribution is -0.152. The highest BCUT2D eigenvalue weighted by atomic mass is 19.3. The lowest BCUT2D eigenvalue weighted by Gasteiger charge is -2.41. The Bertz CT molecular complexity index is 1400. The zero-order chi connectivity index (χ0) is 27.4. The van der Waals surface area contributed by atoms with E-state index in [-0.39, 0.29) is 44.0 Å². The highest BCUT2D eigenvalue weighted by molar-refractivity contribution is 5.59. The molecule has 1 saturated carbocycles. The molecular formula is C30H29F2N3O4. The number of halogens is 2. The summed E-state index contributed by atoms with van der Waals surface area (Å²) >= 11 is 0. The molecule has 3 aliphatic rings. The van der Waals surface area contributed by atoms with E-state index in [1.54, 1.807) is 24.3 Å². The molecule has 0 spiro atoms. The number of aromatic nitrogens is 1. The summed E-state index contributed by atoms with van der Waals surface area (Å²) in [7, 11) is 1.46. The summed E-state index contributed by atoms with van der Waals surface area (Å²) in [5.41, 5.74) is -1.37. The fourth-order valence-electron chi connectivity index (χ4n) is 6.89. The third kappa shape index (κ3) is 3.73. The van der Waals surface area contributed by atoms with Crippen LogP contribution in [0.1, 0.15) is 41.0 Å². The van der Waals surface area contributed by atoms with Gasteiger partial charge in [0.25, 0.3) is 5.92 Å². The molecule has 1 aromatic heterocycles. The second kappa shape index (κ2) is 9.26. The van der Waals surface area contributed by atoms with Crippen molar-refractivity contribution in [1.82, 2.24) is 9.88 Å². The van der Waals surface area contributed by atoms with Crippen LogP contribution >= 0.6 is 0 Å². The summed E-state index contributed by atoms with van der Waals surface area (Å²) in [6.45, 7) is 0.651. The minimum Gasteiger partial charge on any atom is -0.495 e. The van der Waals surface area contributed by atoms with E-state index < -0.39 is 35.1 Å². The predicted molar refractivity (Wildman–Crippen MR) is 137 cm³/mol. The summed E-state index contributed by atoms with van der Waals surface area (Å²) in [6.07, 6.45) is 1.11. The van der Waals surface area contributed by atoms with Gasteiger partial charge in [0.1, 0.15) is 11.5 Å². The molecule has 2 aliphatic heterocycles. The van der Waals surface area contributed by atoms with E-state index in [2.05, 4.69) is 11.1 Å². The third-order valence-electron chi connectivity index (χ3n) is 8.67. The van der Waals surface area contributed by atoms with Crippen LogP contribution < -0.4 is 9.47 Å². The average molecular weight is 534 g/mol. The van der Waals surface area contributed by atoms with E-state index in [0.717, 1.165) is 5.56 Å². The molecule has 0 amide bonds. The fourth-order valence-corrected chi connectivity index (χ4v) is 6.89. The first-order chi connectivity index (χ1) is 18.7. The smallest absolute Gasteiger partial charge is 0.250 e. The van der Waals surface area contributed by atoms with Crippen LogP contribution in [0.15, 0.2) is 67.0 Å². The Morgan fingerprint density at radius 3 is 2.44 bits per heavy atom. The normalized spacial score (nSPS) is 31.1. The number of aliphatic hydroxyl groups is 2. The molecule has 5 atom stereocenters. The van der Waals surface area contributed by atoms with Gasteiger partial charge in [-0.05, 0) is 23.3 Å². The van der Waals surface area contributed by atoms with E-state index in [4.69, 9.17) is 9.47 Å². The van der Waals surface area contributed by atoms with Gasteiger partial charge in [-0.3, -0.25) is 4.98 Å². The third-order valence-corrected chi connectivity index (χ3v) is 8.67. The first-order valence-electron chi connectivity index (χ1n) is 13.0. The molecule has 6 rings (SSSR count). The van der Waals surface area contributed by atoms with Gasteiger partial charge < -0.3 is 24.6 Å². The molecule has 202 valence electrons. The predicted octanol–water partition coefficient (Wildman–Crippen LogP) is 3.94. The largest absolute Gasteiger partial charge is 0.495 e. The van der Waals surface area contributed by atoms with E-state index >= 15 is 0 Å². The minimum atomic E-state index is -2.70. The molecule has 1 saturated heterocycles. The Balaban J connectivity index is 1.57. The lowest BCUT2D eigenvalue weighted by atomic mass is 9.70. The number of fused-ring (bicyclic) bond motifs is 3. The molecule has 3 aromatic rings. The molecule has 0 radical (unpaired) electrons. The van der Waals surface area contributed by atoms with Crippen molar-refractivity contribution in [2.45, 2.75) is 42.0 Å². The molecular weight excluding hydrogens is 504 g/mol. The van der Waals surface area contributed by atoms with Gasteiger partial charge in [-0.1, -0.05) is 42.5 Å². The number of ether oxygens (including phenoxy) is 2. The molecule has 39 heavy (non-hydrogen) atoms. The van der Waals surface area contributed by atoms with Crippen LogP contribution in [0.3, 0.4) is 0 Å². The maximum Gasteiger partial charge on any atom is 0.250 e. The van der Waals surface area contributed by atoms with Crippen LogP contribution in [0.25, 0.3) is 0 Å². The Labute approximate surface area is 225 Å². The number of pyridine rings is 1.